The van der Waals surface area contributed by atoms with E-state index in [9.17, 15) is 36.7 Å². The molecule has 0 aliphatic heterocycles. The fourth-order valence-electron chi connectivity index (χ4n) is 2.71. The number of rotatable bonds is 6. The Morgan fingerprint density at radius 2 is 0.794 bits per heavy atom. The summed E-state index contributed by atoms with van der Waals surface area (Å²) in [6.45, 7) is 0. The molecule has 1 aromatic carbocycles. The lowest BCUT2D eigenvalue weighted by Crippen LogP contribution is -2.15. The standard InChI is InChI=1S/C18H6F4N4O8/c19-7-5(3-1-23-11(15(27)28)13(25-3)17(31)32)8(20)10(22)6(9(7)21)4-2-24-12(16(29)30)14(26-4)18(33)34/h1-2H,(H,27,28)(H,29,30)(H,31,32)(H,33,34). The van der Waals surface area contributed by atoms with Crippen LogP contribution in [0.5, 0.6) is 0 Å². The second-order valence-electron chi connectivity index (χ2n) is 6.13. The van der Waals surface area contributed by atoms with Crippen molar-refractivity contribution in [2.45, 2.75) is 0 Å². The van der Waals surface area contributed by atoms with Crippen molar-refractivity contribution in [3.8, 4) is 22.5 Å². The summed E-state index contributed by atoms with van der Waals surface area (Å²) >= 11 is 0. The summed E-state index contributed by atoms with van der Waals surface area (Å²) in [7, 11) is 0. The molecule has 0 aliphatic rings. The number of aromatic carboxylic acids is 4. The second-order valence-corrected chi connectivity index (χ2v) is 6.13. The summed E-state index contributed by atoms with van der Waals surface area (Å²) in [6.07, 6.45) is 0.722. The monoisotopic (exact) mass is 482 g/mol. The van der Waals surface area contributed by atoms with Crippen molar-refractivity contribution in [2.24, 2.45) is 0 Å². The Morgan fingerprint density at radius 3 is 1.03 bits per heavy atom. The molecule has 34 heavy (non-hydrogen) atoms. The van der Waals surface area contributed by atoms with Crippen molar-refractivity contribution in [1.82, 2.24) is 19.9 Å². The Kier molecular flexibility index (Phi) is 5.90. The van der Waals surface area contributed by atoms with Gasteiger partial charge in [0.05, 0.1) is 34.9 Å². The van der Waals surface area contributed by atoms with Crippen molar-refractivity contribution in [3.63, 3.8) is 0 Å². The largest absolute Gasteiger partial charge is 0.476 e. The first-order valence-corrected chi connectivity index (χ1v) is 8.40. The van der Waals surface area contributed by atoms with E-state index in [1.54, 1.807) is 0 Å². The molecule has 3 rings (SSSR count). The van der Waals surface area contributed by atoms with Crippen LogP contribution in [-0.4, -0.2) is 64.2 Å². The van der Waals surface area contributed by atoms with E-state index in [1.807, 2.05) is 0 Å². The van der Waals surface area contributed by atoms with Crippen LogP contribution in [0.25, 0.3) is 22.5 Å². The van der Waals surface area contributed by atoms with E-state index in [1.165, 1.54) is 0 Å². The van der Waals surface area contributed by atoms with Crippen molar-refractivity contribution in [3.05, 3.63) is 58.4 Å². The van der Waals surface area contributed by atoms with Crippen LogP contribution >= 0.6 is 0 Å². The van der Waals surface area contributed by atoms with Crippen LogP contribution in [0.15, 0.2) is 12.4 Å². The lowest BCUT2D eigenvalue weighted by atomic mass is 10.0. The number of nitrogens with zero attached hydrogens (tertiary/aromatic N) is 4. The van der Waals surface area contributed by atoms with Gasteiger partial charge in [0, 0.05) is 0 Å². The van der Waals surface area contributed by atoms with Gasteiger partial charge in [0.1, 0.15) is 0 Å². The Morgan fingerprint density at radius 1 is 0.529 bits per heavy atom. The molecule has 0 atom stereocenters. The van der Waals surface area contributed by atoms with Gasteiger partial charge < -0.3 is 20.4 Å². The number of halogens is 4. The van der Waals surface area contributed by atoms with E-state index in [0.29, 0.717) is 12.4 Å². The number of aromatic nitrogens is 4. The number of carboxylic acid groups (broad SMARTS) is 4. The van der Waals surface area contributed by atoms with Gasteiger partial charge in [-0.15, -0.1) is 0 Å². The number of benzene rings is 1. The predicted octanol–water partition coefficient (Wildman–Crippen LogP) is 1.95. The summed E-state index contributed by atoms with van der Waals surface area (Å²) in [6, 6.07) is 0. The molecule has 0 saturated heterocycles. The Labute approximate surface area is 182 Å². The molecule has 0 bridgehead atoms. The molecule has 4 N–H and O–H groups in total. The number of carbonyl (C=O) groups is 4. The maximum atomic E-state index is 14.8. The Bertz CT molecular complexity index is 1290. The number of hydrogen-bond acceptors (Lipinski definition) is 8. The molecule has 0 amide bonds. The third-order valence-corrected chi connectivity index (χ3v) is 4.13. The second kappa shape index (κ2) is 8.49. The highest BCUT2D eigenvalue weighted by atomic mass is 19.2. The van der Waals surface area contributed by atoms with Gasteiger partial charge >= 0.3 is 23.9 Å². The summed E-state index contributed by atoms with van der Waals surface area (Å²) in [4.78, 5) is 57.3. The van der Waals surface area contributed by atoms with E-state index in [4.69, 9.17) is 20.4 Å². The van der Waals surface area contributed by atoms with E-state index in [2.05, 4.69) is 19.9 Å². The van der Waals surface area contributed by atoms with Crippen LogP contribution in [0.1, 0.15) is 42.0 Å². The number of carboxylic acids is 4. The van der Waals surface area contributed by atoms with E-state index < -0.39 is 92.4 Å². The van der Waals surface area contributed by atoms with Crippen molar-refractivity contribution < 1.29 is 57.2 Å². The van der Waals surface area contributed by atoms with Crippen LogP contribution in [0.4, 0.5) is 17.6 Å². The zero-order chi connectivity index (χ0) is 25.5. The van der Waals surface area contributed by atoms with Crippen LogP contribution in [-0.2, 0) is 0 Å². The highest BCUT2D eigenvalue weighted by Crippen LogP contribution is 2.35. The molecule has 174 valence electrons. The van der Waals surface area contributed by atoms with Gasteiger partial charge in [0.25, 0.3) is 0 Å². The zero-order valence-electron chi connectivity index (χ0n) is 15.9. The fraction of sp³-hybridized carbons (Fsp3) is 0. The molecule has 16 heteroatoms. The maximum Gasteiger partial charge on any atom is 0.357 e. The maximum absolute atomic E-state index is 14.8. The van der Waals surface area contributed by atoms with Crippen molar-refractivity contribution >= 4 is 23.9 Å². The highest BCUT2D eigenvalue weighted by molar-refractivity contribution is 5.99. The zero-order valence-corrected chi connectivity index (χ0v) is 15.9. The SMILES string of the molecule is O=C(O)c1ncc(-c2c(F)c(F)c(-c3cnc(C(=O)O)c(C(=O)O)n3)c(F)c2F)nc1C(=O)O. The first-order valence-electron chi connectivity index (χ1n) is 8.40. The molecule has 3 aromatic rings. The summed E-state index contributed by atoms with van der Waals surface area (Å²) in [5, 5.41) is 36.0. The lowest BCUT2D eigenvalue weighted by molar-refractivity contribution is 0.0641. The van der Waals surface area contributed by atoms with E-state index in [-0.39, 0.29) is 0 Å². The van der Waals surface area contributed by atoms with Gasteiger partial charge in [-0.05, 0) is 0 Å². The van der Waals surface area contributed by atoms with Crippen molar-refractivity contribution in [2.75, 3.05) is 0 Å². The minimum absolute atomic E-state index is 0.361. The normalized spacial score (nSPS) is 10.7. The molecule has 0 saturated carbocycles. The van der Waals surface area contributed by atoms with Gasteiger partial charge in [-0.2, -0.15) is 0 Å². The van der Waals surface area contributed by atoms with Gasteiger partial charge in [-0.3, -0.25) is 0 Å². The molecule has 0 spiro atoms. The summed E-state index contributed by atoms with van der Waals surface area (Å²) in [5.41, 5.74) is -10.1. The minimum atomic E-state index is -2.15. The van der Waals surface area contributed by atoms with Crippen LogP contribution in [0, 0.1) is 23.3 Å². The van der Waals surface area contributed by atoms with Gasteiger partial charge in [0.2, 0.25) is 0 Å². The van der Waals surface area contributed by atoms with E-state index in [0.717, 1.165) is 0 Å². The van der Waals surface area contributed by atoms with Crippen LogP contribution in [0.3, 0.4) is 0 Å². The van der Waals surface area contributed by atoms with Gasteiger partial charge in [-0.1, -0.05) is 0 Å². The molecule has 2 heterocycles. The molecule has 0 fully saturated rings. The first kappa shape index (κ1) is 23.6. The quantitative estimate of drug-likeness (QED) is 0.294. The lowest BCUT2D eigenvalue weighted by Gasteiger charge is -2.12. The Balaban J connectivity index is 2.29. The van der Waals surface area contributed by atoms with Crippen LogP contribution < -0.4 is 0 Å². The summed E-state index contributed by atoms with van der Waals surface area (Å²) in [5.74, 6) is -16.3. The van der Waals surface area contributed by atoms with Crippen LogP contribution in [0.2, 0.25) is 0 Å². The fourth-order valence-corrected chi connectivity index (χ4v) is 2.71. The van der Waals surface area contributed by atoms with E-state index >= 15 is 0 Å². The van der Waals surface area contributed by atoms with Crippen molar-refractivity contribution in [1.29, 1.82) is 0 Å². The topological polar surface area (TPSA) is 201 Å². The van der Waals surface area contributed by atoms with Gasteiger partial charge in [0.15, 0.2) is 46.0 Å². The number of hydrogen-bond donors (Lipinski definition) is 4. The molecule has 2 aromatic heterocycles. The highest BCUT2D eigenvalue weighted by Gasteiger charge is 2.31. The molecule has 0 radical (unpaired) electrons. The average molecular weight is 482 g/mol. The van der Waals surface area contributed by atoms with Gasteiger partial charge in [-0.25, -0.2) is 56.7 Å². The average Bonchev–Trinajstić information content (AvgIpc) is 2.77. The molecule has 0 aliphatic carbocycles. The third kappa shape index (κ3) is 3.83. The molecule has 0 unspecified atom stereocenters. The Hall–Kier alpha value is -5.02. The minimum Gasteiger partial charge on any atom is -0.476 e. The molecule has 12 nitrogen and oxygen atoms in total. The third-order valence-electron chi connectivity index (χ3n) is 4.13. The molecular weight excluding hydrogens is 476 g/mol. The smallest absolute Gasteiger partial charge is 0.357 e. The predicted molar refractivity (Wildman–Crippen MR) is 96.2 cm³/mol. The summed E-state index contributed by atoms with van der Waals surface area (Å²) < 4.78 is 59.0. The molecular formula is C18H6F4N4O8. The first-order chi connectivity index (χ1) is 15.9.